The molecular weight excluding hydrogens is 454 g/mol. The summed E-state index contributed by atoms with van der Waals surface area (Å²) in [5.41, 5.74) is 1.64. The lowest BCUT2D eigenvalue weighted by Crippen LogP contribution is -2.40. The molecule has 11 heteroatoms. The predicted octanol–water partition coefficient (Wildman–Crippen LogP) is 0.953. The average Bonchev–Trinajstić information content (AvgIpc) is 2.79. The van der Waals surface area contributed by atoms with Crippen LogP contribution < -0.4 is 5.32 Å². The third kappa shape index (κ3) is 5.73. The number of benzene rings is 2. The number of carbonyl (C=O) groups is 1. The van der Waals surface area contributed by atoms with Crippen LogP contribution in [0.2, 0.25) is 0 Å². The van der Waals surface area contributed by atoms with Crippen molar-refractivity contribution in [2.24, 2.45) is 0 Å². The lowest BCUT2D eigenvalue weighted by Gasteiger charge is -2.26. The Morgan fingerprint density at radius 2 is 1.53 bits per heavy atom. The Morgan fingerprint density at radius 1 is 0.969 bits per heavy atom. The molecule has 0 unspecified atom stereocenters. The van der Waals surface area contributed by atoms with E-state index < -0.39 is 26.0 Å². The fraction of sp³-hybridized carbons (Fsp3) is 0.381. The number of morpholine rings is 1. The van der Waals surface area contributed by atoms with Gasteiger partial charge in [0.05, 0.1) is 29.5 Å². The van der Waals surface area contributed by atoms with Crippen molar-refractivity contribution in [3.05, 3.63) is 59.7 Å². The van der Waals surface area contributed by atoms with Crippen LogP contribution >= 0.6 is 0 Å². The Morgan fingerprint density at radius 3 is 2.12 bits per heavy atom. The van der Waals surface area contributed by atoms with Crippen molar-refractivity contribution >= 4 is 26.0 Å². The Balaban J connectivity index is 1.56. The van der Waals surface area contributed by atoms with E-state index in [1.165, 1.54) is 35.6 Å². The number of likely N-dealkylation sites (N-methyl/N-ethyl adjacent to an activating group) is 1. The maximum absolute atomic E-state index is 12.7. The number of rotatable bonds is 8. The van der Waals surface area contributed by atoms with Gasteiger partial charge in [0.25, 0.3) is 0 Å². The van der Waals surface area contributed by atoms with Gasteiger partial charge in [0.15, 0.2) is 0 Å². The van der Waals surface area contributed by atoms with Crippen LogP contribution in [0.15, 0.2) is 58.3 Å². The van der Waals surface area contributed by atoms with E-state index in [0.29, 0.717) is 31.9 Å². The number of amides is 1. The van der Waals surface area contributed by atoms with E-state index in [1.54, 1.807) is 24.3 Å². The molecule has 0 aliphatic carbocycles. The zero-order valence-corrected chi connectivity index (χ0v) is 19.7. The minimum atomic E-state index is -3.77. The molecule has 2 aromatic rings. The van der Waals surface area contributed by atoms with Gasteiger partial charge in [0.1, 0.15) is 0 Å². The molecule has 0 aromatic heterocycles. The third-order valence-electron chi connectivity index (χ3n) is 5.12. The minimum Gasteiger partial charge on any atom is -0.379 e. The largest absolute Gasteiger partial charge is 0.379 e. The standard InChI is InChI=1S/C21H27N3O6S2/c1-17-3-7-19(8-4-17)31(26,27)23(2)16-21(25)22-15-18-5-9-20(10-6-18)32(28,29)24-11-13-30-14-12-24/h3-10H,11-16H2,1-2H3,(H,22,25). The summed E-state index contributed by atoms with van der Waals surface area (Å²) in [4.78, 5) is 12.6. The molecule has 174 valence electrons. The van der Waals surface area contributed by atoms with Crippen LogP contribution in [-0.2, 0) is 36.1 Å². The normalized spacial score (nSPS) is 15.6. The smallest absolute Gasteiger partial charge is 0.243 e. The first-order valence-electron chi connectivity index (χ1n) is 10.1. The molecule has 1 fully saturated rings. The first-order valence-corrected chi connectivity index (χ1v) is 13.0. The van der Waals surface area contributed by atoms with Gasteiger partial charge in [-0.1, -0.05) is 29.8 Å². The van der Waals surface area contributed by atoms with Crippen molar-refractivity contribution < 1.29 is 26.4 Å². The lowest BCUT2D eigenvalue weighted by atomic mass is 10.2. The van der Waals surface area contributed by atoms with E-state index in [2.05, 4.69) is 5.32 Å². The Kier molecular flexibility index (Phi) is 7.67. The van der Waals surface area contributed by atoms with Gasteiger partial charge >= 0.3 is 0 Å². The predicted molar refractivity (Wildman–Crippen MR) is 119 cm³/mol. The lowest BCUT2D eigenvalue weighted by molar-refractivity contribution is -0.121. The SMILES string of the molecule is Cc1ccc(S(=O)(=O)N(C)CC(=O)NCc2ccc(S(=O)(=O)N3CCOCC3)cc2)cc1. The van der Waals surface area contributed by atoms with E-state index in [-0.39, 0.29) is 22.9 Å². The third-order valence-corrected chi connectivity index (χ3v) is 8.85. The summed E-state index contributed by atoms with van der Waals surface area (Å²) in [6, 6.07) is 12.7. The highest BCUT2D eigenvalue weighted by molar-refractivity contribution is 7.89. The number of sulfonamides is 2. The Bertz CT molecular complexity index is 1140. The molecule has 1 amide bonds. The second-order valence-corrected chi connectivity index (χ2v) is 11.5. The van der Waals surface area contributed by atoms with Gasteiger partial charge in [-0.15, -0.1) is 0 Å². The van der Waals surface area contributed by atoms with Gasteiger partial charge in [0.2, 0.25) is 26.0 Å². The quantitative estimate of drug-likeness (QED) is 0.601. The van der Waals surface area contributed by atoms with Crippen LogP contribution in [0.1, 0.15) is 11.1 Å². The van der Waals surface area contributed by atoms with Gasteiger partial charge in [-0.25, -0.2) is 16.8 Å². The summed E-state index contributed by atoms with van der Waals surface area (Å²) in [6.45, 7) is 3.06. The molecule has 1 N–H and O–H groups in total. The molecule has 3 rings (SSSR count). The number of hydrogen-bond acceptors (Lipinski definition) is 6. The second kappa shape index (κ2) is 10.1. The van der Waals surface area contributed by atoms with Crippen LogP contribution in [0.4, 0.5) is 0 Å². The molecule has 0 radical (unpaired) electrons. The van der Waals surface area contributed by atoms with Gasteiger partial charge in [0, 0.05) is 26.7 Å². The Labute approximate surface area is 189 Å². The molecule has 0 saturated carbocycles. The van der Waals surface area contributed by atoms with Crippen LogP contribution in [0, 0.1) is 6.92 Å². The van der Waals surface area contributed by atoms with Crippen LogP contribution in [0.25, 0.3) is 0 Å². The van der Waals surface area contributed by atoms with Crippen molar-refractivity contribution in [2.75, 3.05) is 39.9 Å². The number of aryl methyl sites for hydroxylation is 1. The zero-order valence-electron chi connectivity index (χ0n) is 18.0. The van der Waals surface area contributed by atoms with E-state index in [4.69, 9.17) is 4.74 Å². The fourth-order valence-corrected chi connectivity index (χ4v) is 5.68. The molecule has 32 heavy (non-hydrogen) atoms. The summed E-state index contributed by atoms with van der Waals surface area (Å²) in [7, 11) is -6.01. The van der Waals surface area contributed by atoms with Gasteiger partial charge in [-0.05, 0) is 36.8 Å². The number of nitrogens with one attached hydrogen (secondary N) is 1. The molecule has 1 aliphatic rings. The summed E-state index contributed by atoms with van der Waals surface area (Å²) >= 11 is 0. The highest BCUT2D eigenvalue weighted by Gasteiger charge is 2.26. The molecule has 1 aliphatic heterocycles. The zero-order chi connectivity index (χ0) is 23.4. The maximum atomic E-state index is 12.7. The van der Waals surface area contributed by atoms with E-state index >= 15 is 0 Å². The van der Waals surface area contributed by atoms with Crippen LogP contribution in [0.3, 0.4) is 0 Å². The van der Waals surface area contributed by atoms with Gasteiger partial charge in [-0.2, -0.15) is 8.61 Å². The molecule has 0 bridgehead atoms. The van der Waals surface area contributed by atoms with Crippen LogP contribution in [0.5, 0.6) is 0 Å². The first-order chi connectivity index (χ1) is 15.1. The molecule has 0 atom stereocenters. The molecule has 0 spiro atoms. The van der Waals surface area contributed by atoms with Gasteiger partial charge < -0.3 is 10.1 Å². The van der Waals surface area contributed by atoms with Crippen LogP contribution in [-0.4, -0.2) is 71.2 Å². The number of hydrogen-bond donors (Lipinski definition) is 1. The highest BCUT2D eigenvalue weighted by atomic mass is 32.2. The maximum Gasteiger partial charge on any atom is 0.243 e. The summed E-state index contributed by atoms with van der Waals surface area (Å²) in [5, 5.41) is 2.66. The summed E-state index contributed by atoms with van der Waals surface area (Å²) in [6.07, 6.45) is 0. The van der Waals surface area contributed by atoms with Gasteiger partial charge in [-0.3, -0.25) is 4.79 Å². The van der Waals surface area contributed by atoms with Crippen molar-refractivity contribution in [3.63, 3.8) is 0 Å². The molecular formula is C21H27N3O6S2. The monoisotopic (exact) mass is 481 g/mol. The fourth-order valence-electron chi connectivity index (χ4n) is 3.15. The van der Waals surface area contributed by atoms with E-state index in [1.807, 2.05) is 6.92 Å². The second-order valence-electron chi connectivity index (χ2n) is 7.51. The first kappa shape index (κ1) is 24.3. The summed E-state index contributed by atoms with van der Waals surface area (Å²) in [5.74, 6) is -0.465. The number of carbonyl (C=O) groups excluding carboxylic acids is 1. The van der Waals surface area contributed by atoms with Crippen molar-refractivity contribution in [3.8, 4) is 0 Å². The topological polar surface area (TPSA) is 113 Å². The Hall–Kier alpha value is -2.31. The molecule has 1 saturated heterocycles. The number of ether oxygens (including phenoxy) is 1. The van der Waals surface area contributed by atoms with E-state index in [9.17, 15) is 21.6 Å². The number of nitrogens with zero attached hydrogens (tertiary/aromatic N) is 2. The summed E-state index contributed by atoms with van der Waals surface area (Å²) < 4.78 is 58.1. The average molecular weight is 482 g/mol. The molecule has 2 aromatic carbocycles. The van der Waals surface area contributed by atoms with Crippen molar-refractivity contribution in [1.82, 2.24) is 13.9 Å². The minimum absolute atomic E-state index is 0.121. The highest BCUT2D eigenvalue weighted by Crippen LogP contribution is 2.18. The molecule has 1 heterocycles. The van der Waals surface area contributed by atoms with E-state index in [0.717, 1.165) is 9.87 Å². The molecule has 9 nitrogen and oxygen atoms in total. The van der Waals surface area contributed by atoms with Crippen molar-refractivity contribution in [1.29, 1.82) is 0 Å². The van der Waals surface area contributed by atoms with Crippen molar-refractivity contribution in [2.45, 2.75) is 23.3 Å².